The molecule has 0 spiro atoms. The number of rotatable bonds is 7. The smallest absolute Gasteiger partial charge is 0.182 e. The summed E-state index contributed by atoms with van der Waals surface area (Å²) >= 11 is 0. The van der Waals surface area contributed by atoms with Crippen LogP contribution in [-0.2, 0) is 0 Å². The van der Waals surface area contributed by atoms with Gasteiger partial charge in [-0.05, 0) is 75.3 Å². The molecule has 57 heavy (non-hydrogen) atoms. The van der Waals surface area contributed by atoms with Crippen LogP contribution in [-0.4, -0.2) is 27.2 Å². The summed E-state index contributed by atoms with van der Waals surface area (Å²) in [6.07, 6.45) is 3.78. The lowest BCUT2D eigenvalue weighted by Crippen LogP contribution is -2.75. The van der Waals surface area contributed by atoms with Crippen molar-refractivity contribution in [1.82, 2.24) is 19.1 Å². The van der Waals surface area contributed by atoms with Crippen LogP contribution in [0.3, 0.4) is 0 Å². The molecular formula is C52H36N4Si. The van der Waals surface area contributed by atoms with E-state index in [9.17, 15) is 0 Å². The molecule has 4 nitrogen and oxygen atoms in total. The van der Waals surface area contributed by atoms with Crippen molar-refractivity contribution in [2.75, 3.05) is 0 Å². The number of fused-ring (bicyclic) bond motifs is 7. The van der Waals surface area contributed by atoms with Gasteiger partial charge in [-0.3, -0.25) is 9.55 Å². The van der Waals surface area contributed by atoms with Crippen molar-refractivity contribution in [3.8, 4) is 22.8 Å². The Morgan fingerprint density at radius 3 is 1.60 bits per heavy atom. The number of pyridine rings is 2. The summed E-state index contributed by atoms with van der Waals surface area (Å²) in [7, 11) is -3.23. The van der Waals surface area contributed by atoms with E-state index in [2.05, 4.69) is 203 Å². The fourth-order valence-electron chi connectivity index (χ4n) is 9.26. The fourth-order valence-corrected chi connectivity index (χ4v) is 14.2. The molecular weight excluding hydrogens is 709 g/mol. The molecule has 11 rings (SSSR count). The van der Waals surface area contributed by atoms with Gasteiger partial charge in [-0.2, -0.15) is 0 Å². The highest BCUT2D eigenvalue weighted by Gasteiger charge is 2.44. The first-order valence-corrected chi connectivity index (χ1v) is 21.4. The van der Waals surface area contributed by atoms with Crippen LogP contribution in [0.5, 0.6) is 0 Å². The summed E-state index contributed by atoms with van der Waals surface area (Å²) in [6, 6.07) is 75.2. The Balaban J connectivity index is 1.44. The Kier molecular flexibility index (Phi) is 7.79. The summed E-state index contributed by atoms with van der Waals surface area (Å²) in [5.41, 5.74) is 7.85. The Labute approximate surface area is 331 Å². The van der Waals surface area contributed by atoms with E-state index in [0.29, 0.717) is 0 Å². The SMILES string of the molecule is c1ccc(-n2c3ccccc3c3c4c5ccccc5n(-c5ccccn5)c4cc([Si](c4ccccc4)(c4ccccc4)c4cccc(-c5ccccn5)c4)c32)cc1. The number of hydrogen-bond acceptors (Lipinski definition) is 2. The first-order valence-electron chi connectivity index (χ1n) is 19.4. The Hall–Kier alpha value is -7.34. The minimum absolute atomic E-state index is 0.893. The zero-order valence-electron chi connectivity index (χ0n) is 31.1. The number of aromatic nitrogens is 4. The molecule has 0 aliphatic heterocycles. The molecule has 5 heteroatoms. The van der Waals surface area contributed by atoms with Gasteiger partial charge < -0.3 is 4.57 Å². The van der Waals surface area contributed by atoms with Gasteiger partial charge in [-0.15, -0.1) is 0 Å². The maximum Gasteiger partial charge on any atom is 0.182 e. The first-order chi connectivity index (χ1) is 28.3. The summed E-state index contributed by atoms with van der Waals surface area (Å²) in [5.74, 6) is 0.893. The fraction of sp³-hybridized carbons (Fsp3) is 0. The molecule has 4 aromatic heterocycles. The van der Waals surface area contributed by atoms with Gasteiger partial charge in [0.25, 0.3) is 0 Å². The number of nitrogens with zero attached hydrogens (tertiary/aromatic N) is 4. The van der Waals surface area contributed by atoms with Gasteiger partial charge >= 0.3 is 0 Å². The van der Waals surface area contributed by atoms with Crippen molar-refractivity contribution in [2.24, 2.45) is 0 Å². The van der Waals surface area contributed by atoms with Crippen LogP contribution in [0.15, 0.2) is 219 Å². The maximum absolute atomic E-state index is 4.99. The van der Waals surface area contributed by atoms with E-state index >= 15 is 0 Å². The molecule has 0 saturated carbocycles. The zero-order valence-corrected chi connectivity index (χ0v) is 32.1. The van der Waals surface area contributed by atoms with Crippen LogP contribution in [0.2, 0.25) is 0 Å². The van der Waals surface area contributed by atoms with E-state index < -0.39 is 8.07 Å². The van der Waals surface area contributed by atoms with E-state index in [1.165, 1.54) is 53.3 Å². The van der Waals surface area contributed by atoms with Gasteiger partial charge in [-0.1, -0.05) is 152 Å². The van der Waals surface area contributed by atoms with Crippen LogP contribution < -0.4 is 20.7 Å². The van der Waals surface area contributed by atoms with Crippen LogP contribution >= 0.6 is 0 Å². The second kappa shape index (κ2) is 13.4. The standard InChI is InChI=1S/C52H36N4Si/c1-4-20-38(21-5-1)55-45-30-12-11-28-43(45)51-50-42-27-10-13-31-46(42)56(49-32-15-17-34-54-49)47(50)36-48(52(51)55)57(39-22-6-2-7-23-39,40-24-8-3-9-25-40)41-26-18-19-37(35-41)44-29-14-16-33-53-44/h1-36H. The summed E-state index contributed by atoms with van der Waals surface area (Å²) < 4.78 is 4.91. The maximum atomic E-state index is 4.99. The van der Waals surface area contributed by atoms with Gasteiger partial charge in [0.15, 0.2) is 8.07 Å². The summed E-state index contributed by atoms with van der Waals surface area (Å²) in [6.45, 7) is 0. The third-order valence-corrected chi connectivity index (χ3v) is 16.3. The molecule has 0 fully saturated rings. The van der Waals surface area contributed by atoms with Gasteiger partial charge in [0.2, 0.25) is 0 Å². The van der Waals surface area contributed by atoms with Crippen LogP contribution in [0, 0.1) is 0 Å². The Bertz CT molecular complexity index is 3170. The molecule has 0 radical (unpaired) electrons. The molecule has 4 heterocycles. The summed E-state index contributed by atoms with van der Waals surface area (Å²) in [5, 5.41) is 10.1. The molecule has 0 saturated heterocycles. The minimum atomic E-state index is -3.23. The molecule has 268 valence electrons. The van der Waals surface area contributed by atoms with Gasteiger partial charge in [0, 0.05) is 45.2 Å². The lowest BCUT2D eigenvalue weighted by Gasteiger charge is -2.36. The second-order valence-electron chi connectivity index (χ2n) is 14.5. The molecule has 0 atom stereocenters. The quantitative estimate of drug-likeness (QED) is 0.120. The number of hydrogen-bond donors (Lipinski definition) is 0. The van der Waals surface area contributed by atoms with Crippen molar-refractivity contribution in [3.05, 3.63) is 219 Å². The van der Waals surface area contributed by atoms with Crippen molar-refractivity contribution in [2.45, 2.75) is 0 Å². The normalized spacial score (nSPS) is 11.9. The third kappa shape index (κ3) is 5.06. The van der Waals surface area contributed by atoms with Crippen molar-refractivity contribution in [1.29, 1.82) is 0 Å². The van der Waals surface area contributed by atoms with E-state index in [1.54, 1.807) is 0 Å². The molecule has 0 bridgehead atoms. The van der Waals surface area contributed by atoms with E-state index in [-0.39, 0.29) is 0 Å². The van der Waals surface area contributed by atoms with Gasteiger partial charge in [-0.25, -0.2) is 4.98 Å². The molecule has 0 unspecified atom stereocenters. The van der Waals surface area contributed by atoms with E-state index in [1.807, 2.05) is 24.5 Å². The Morgan fingerprint density at radius 1 is 0.386 bits per heavy atom. The average Bonchev–Trinajstić information content (AvgIpc) is 3.81. The zero-order chi connectivity index (χ0) is 37.8. The summed E-state index contributed by atoms with van der Waals surface area (Å²) in [4.78, 5) is 9.82. The molecule has 0 aliphatic carbocycles. The molecule has 0 amide bonds. The minimum Gasteiger partial charge on any atom is -0.309 e. The lowest BCUT2D eigenvalue weighted by atomic mass is 10.1. The highest BCUT2D eigenvalue weighted by molar-refractivity contribution is 7.20. The predicted octanol–water partition coefficient (Wildman–Crippen LogP) is 9.72. The van der Waals surface area contributed by atoms with Gasteiger partial charge in [0.1, 0.15) is 5.82 Å². The van der Waals surface area contributed by atoms with Gasteiger partial charge in [0.05, 0.1) is 27.8 Å². The number of benzene rings is 7. The average molecular weight is 745 g/mol. The van der Waals surface area contributed by atoms with E-state index in [0.717, 1.165) is 33.8 Å². The Morgan fingerprint density at radius 2 is 0.947 bits per heavy atom. The molecule has 11 aromatic rings. The van der Waals surface area contributed by atoms with Crippen LogP contribution in [0.4, 0.5) is 0 Å². The number of para-hydroxylation sites is 3. The third-order valence-electron chi connectivity index (χ3n) is 11.5. The van der Waals surface area contributed by atoms with Crippen molar-refractivity contribution in [3.63, 3.8) is 0 Å². The van der Waals surface area contributed by atoms with Crippen molar-refractivity contribution >= 4 is 72.4 Å². The van der Waals surface area contributed by atoms with Crippen LogP contribution in [0.1, 0.15) is 0 Å². The topological polar surface area (TPSA) is 35.6 Å². The highest BCUT2D eigenvalue weighted by Crippen LogP contribution is 2.42. The first kappa shape index (κ1) is 33.0. The highest BCUT2D eigenvalue weighted by atomic mass is 28.3. The van der Waals surface area contributed by atoms with E-state index in [4.69, 9.17) is 9.97 Å². The second-order valence-corrected chi connectivity index (χ2v) is 18.3. The molecule has 7 aromatic carbocycles. The lowest BCUT2D eigenvalue weighted by molar-refractivity contribution is 1.08. The van der Waals surface area contributed by atoms with Crippen LogP contribution in [0.25, 0.3) is 66.4 Å². The largest absolute Gasteiger partial charge is 0.309 e. The van der Waals surface area contributed by atoms with Crippen molar-refractivity contribution < 1.29 is 0 Å². The molecule has 0 N–H and O–H groups in total. The monoisotopic (exact) mass is 744 g/mol. The predicted molar refractivity (Wildman–Crippen MR) is 240 cm³/mol. The molecule has 0 aliphatic rings.